The Kier molecular flexibility index (Phi) is 8.06. The first kappa shape index (κ1) is 30.1. The number of nitrogens with one attached hydrogen (secondary N) is 1. The van der Waals surface area contributed by atoms with Gasteiger partial charge in [0.2, 0.25) is 0 Å². The molecule has 3 aromatic heterocycles. The molecule has 7 rings (SSSR count). The summed E-state index contributed by atoms with van der Waals surface area (Å²) in [6, 6.07) is 7.99. The van der Waals surface area contributed by atoms with E-state index in [1.807, 2.05) is 39.1 Å². The summed E-state index contributed by atoms with van der Waals surface area (Å²) in [5.41, 5.74) is 3.73. The van der Waals surface area contributed by atoms with E-state index in [0.29, 0.717) is 18.1 Å². The molecule has 12 heteroatoms. The van der Waals surface area contributed by atoms with Gasteiger partial charge in [0.1, 0.15) is 29.7 Å². The van der Waals surface area contributed by atoms with Crippen molar-refractivity contribution in [2.75, 3.05) is 31.1 Å². The third-order valence-electron chi connectivity index (χ3n) is 9.34. The Labute approximate surface area is 267 Å². The Bertz CT molecular complexity index is 1700. The van der Waals surface area contributed by atoms with Crippen LogP contribution in [-0.4, -0.2) is 79.2 Å². The number of aromatic amines is 1. The van der Waals surface area contributed by atoms with E-state index in [9.17, 15) is 9.18 Å². The second-order valence-electron chi connectivity index (χ2n) is 12.9. The molecule has 1 amide bonds. The van der Waals surface area contributed by atoms with Gasteiger partial charge in [-0.1, -0.05) is 0 Å². The molecule has 5 heterocycles. The maximum Gasteiger partial charge on any atom is 0.257 e. The van der Waals surface area contributed by atoms with Gasteiger partial charge in [-0.05, 0) is 63.9 Å². The molecule has 1 saturated carbocycles. The number of amides is 1. The van der Waals surface area contributed by atoms with E-state index in [1.54, 1.807) is 17.3 Å². The van der Waals surface area contributed by atoms with Gasteiger partial charge in [-0.2, -0.15) is 5.10 Å². The van der Waals surface area contributed by atoms with E-state index in [0.717, 1.165) is 69.1 Å². The van der Waals surface area contributed by atoms with E-state index in [2.05, 4.69) is 34.9 Å². The molecule has 3 aliphatic rings. The lowest BCUT2D eigenvalue weighted by atomic mass is 9.61. The lowest BCUT2D eigenvalue weighted by Crippen LogP contribution is -2.65. The van der Waals surface area contributed by atoms with Gasteiger partial charge in [0.05, 0.1) is 11.8 Å². The van der Waals surface area contributed by atoms with E-state index in [1.165, 1.54) is 30.1 Å². The molecule has 46 heavy (non-hydrogen) atoms. The highest BCUT2D eigenvalue weighted by atomic mass is 19.1. The number of rotatable bonds is 10. The zero-order valence-electron chi connectivity index (χ0n) is 26.4. The minimum Gasteiger partial charge on any atom is -0.490 e. The molecule has 1 spiro atoms. The van der Waals surface area contributed by atoms with Crippen LogP contribution in [0.15, 0.2) is 55.2 Å². The summed E-state index contributed by atoms with van der Waals surface area (Å²) in [6.45, 7) is 10.5. The molecule has 0 unspecified atom stereocenters. The van der Waals surface area contributed by atoms with Crippen LogP contribution in [0.5, 0.6) is 17.2 Å². The highest BCUT2D eigenvalue weighted by Crippen LogP contribution is 2.52. The Morgan fingerprint density at radius 2 is 1.98 bits per heavy atom. The predicted molar refractivity (Wildman–Crippen MR) is 169 cm³/mol. The molecule has 0 bridgehead atoms. The van der Waals surface area contributed by atoms with Gasteiger partial charge in [0, 0.05) is 86.5 Å². The number of halogens is 1. The van der Waals surface area contributed by atoms with Crippen molar-refractivity contribution in [1.29, 1.82) is 0 Å². The summed E-state index contributed by atoms with van der Waals surface area (Å²) < 4.78 is 27.1. The van der Waals surface area contributed by atoms with Gasteiger partial charge in [0.25, 0.3) is 5.91 Å². The van der Waals surface area contributed by atoms with Crippen LogP contribution in [0.3, 0.4) is 0 Å². The van der Waals surface area contributed by atoms with Crippen LogP contribution >= 0.6 is 0 Å². The minimum atomic E-state index is -0.495. The first-order valence-corrected chi connectivity index (χ1v) is 16.0. The number of H-pyrrole nitrogens is 1. The maximum atomic E-state index is 14.3. The molecule has 1 N–H and O–H groups in total. The van der Waals surface area contributed by atoms with Crippen molar-refractivity contribution in [1.82, 2.24) is 34.9 Å². The monoisotopic (exact) mass is 626 g/mol. The molecule has 0 atom stereocenters. The van der Waals surface area contributed by atoms with E-state index in [-0.39, 0.29) is 34.8 Å². The second kappa shape index (κ2) is 12.3. The molecule has 1 aliphatic carbocycles. The number of nitrogens with zero attached hydrogens (tertiary/aromatic N) is 7. The number of hydrogen-bond acceptors (Lipinski definition) is 9. The summed E-state index contributed by atoms with van der Waals surface area (Å²) in [4.78, 5) is 32.9. The zero-order valence-corrected chi connectivity index (χ0v) is 26.4. The molecule has 4 aromatic rings. The number of ether oxygens (including phenoxy) is 2. The summed E-state index contributed by atoms with van der Waals surface area (Å²) in [7, 11) is 0. The third-order valence-corrected chi connectivity index (χ3v) is 9.34. The van der Waals surface area contributed by atoms with Gasteiger partial charge < -0.3 is 19.3 Å². The average Bonchev–Trinajstić information content (AvgIpc) is 3.52. The molecular formula is C34H39FN8O3. The Hall–Kier alpha value is -4.58. The lowest BCUT2D eigenvalue weighted by Gasteiger charge is -2.59. The molecule has 240 valence electrons. The molecule has 2 aliphatic heterocycles. The topological polar surface area (TPSA) is 113 Å². The fraction of sp³-hybridized carbons (Fsp3) is 0.441. The second-order valence-corrected chi connectivity index (χ2v) is 12.9. The van der Waals surface area contributed by atoms with Crippen molar-refractivity contribution in [2.24, 2.45) is 5.41 Å². The quantitative estimate of drug-likeness (QED) is 0.260. The fourth-order valence-electron chi connectivity index (χ4n) is 7.06. The van der Waals surface area contributed by atoms with Crippen LogP contribution in [0.4, 0.5) is 10.2 Å². The SMILES string of the molecule is CCN(C(=O)c1cc(F)ccc1Oc1cncnc1N1CC2(CC(Oc3ccnc4c3CN(Cc3ccn[nH]3)CC4)C2)C1)C(C)C. The van der Waals surface area contributed by atoms with E-state index in [4.69, 9.17) is 9.47 Å². The van der Waals surface area contributed by atoms with E-state index >= 15 is 0 Å². The Balaban J connectivity index is 0.993. The van der Waals surface area contributed by atoms with Crippen molar-refractivity contribution in [3.05, 3.63) is 83.6 Å². The van der Waals surface area contributed by atoms with Crippen molar-refractivity contribution in [3.8, 4) is 17.2 Å². The summed E-state index contributed by atoms with van der Waals surface area (Å²) >= 11 is 0. The third kappa shape index (κ3) is 5.89. The van der Waals surface area contributed by atoms with Gasteiger partial charge in [-0.25, -0.2) is 14.4 Å². The first-order chi connectivity index (χ1) is 22.3. The number of benzene rings is 1. The average molecular weight is 627 g/mol. The molecule has 1 aromatic carbocycles. The van der Waals surface area contributed by atoms with Crippen LogP contribution in [0.2, 0.25) is 0 Å². The molecule has 1 saturated heterocycles. The number of fused-ring (bicyclic) bond motifs is 1. The Morgan fingerprint density at radius 1 is 1.13 bits per heavy atom. The van der Waals surface area contributed by atoms with Crippen molar-refractivity contribution in [2.45, 2.75) is 65.3 Å². The molecule has 0 radical (unpaired) electrons. The largest absolute Gasteiger partial charge is 0.490 e. The summed E-state index contributed by atoms with van der Waals surface area (Å²) in [5.74, 6) is 1.52. The van der Waals surface area contributed by atoms with Crippen LogP contribution < -0.4 is 14.4 Å². The maximum absolute atomic E-state index is 14.3. The Morgan fingerprint density at radius 3 is 2.74 bits per heavy atom. The number of aromatic nitrogens is 5. The number of anilines is 1. The standard InChI is InChI=1S/C34H39FN8O3/c1-4-43(22(2)3)33(44)26-13-23(35)5-6-29(26)46-31-16-36-21-38-32(31)42-19-34(20-42)14-25(15-34)45-30-8-10-37-28-9-12-41(18-27(28)30)17-24-7-11-39-40-24/h5-8,10-11,13,16,21-22,25H,4,9,12,14-15,17-20H2,1-3H3,(H,39,40). The first-order valence-electron chi connectivity index (χ1n) is 16.0. The highest BCUT2D eigenvalue weighted by molar-refractivity contribution is 5.97. The van der Waals surface area contributed by atoms with Gasteiger partial charge in [-0.15, -0.1) is 0 Å². The van der Waals surface area contributed by atoms with Gasteiger partial charge >= 0.3 is 0 Å². The van der Waals surface area contributed by atoms with Crippen molar-refractivity contribution < 1.29 is 18.7 Å². The number of hydrogen-bond donors (Lipinski definition) is 1. The van der Waals surface area contributed by atoms with Crippen LogP contribution in [0, 0.1) is 11.2 Å². The van der Waals surface area contributed by atoms with Crippen LogP contribution in [0.1, 0.15) is 60.9 Å². The molecule has 11 nitrogen and oxygen atoms in total. The number of carbonyl (C=O) groups excluding carboxylic acids is 1. The smallest absolute Gasteiger partial charge is 0.257 e. The number of pyridine rings is 1. The van der Waals surface area contributed by atoms with Crippen molar-refractivity contribution in [3.63, 3.8) is 0 Å². The summed E-state index contributed by atoms with van der Waals surface area (Å²) in [6.07, 6.45) is 9.70. The van der Waals surface area contributed by atoms with Crippen LogP contribution in [0.25, 0.3) is 0 Å². The minimum absolute atomic E-state index is 0.0389. The zero-order chi connectivity index (χ0) is 31.8. The highest BCUT2D eigenvalue weighted by Gasteiger charge is 2.54. The van der Waals surface area contributed by atoms with Crippen LogP contribution in [-0.2, 0) is 19.5 Å². The lowest BCUT2D eigenvalue weighted by molar-refractivity contribution is -0.0353. The number of carbonyl (C=O) groups is 1. The van der Waals surface area contributed by atoms with Gasteiger partial charge in [-0.3, -0.25) is 19.8 Å². The normalized spacial score (nSPS) is 17.4. The predicted octanol–water partition coefficient (Wildman–Crippen LogP) is 5.00. The van der Waals surface area contributed by atoms with Gasteiger partial charge in [0.15, 0.2) is 11.6 Å². The fourth-order valence-corrected chi connectivity index (χ4v) is 7.06. The molecular weight excluding hydrogens is 587 g/mol. The van der Waals surface area contributed by atoms with Crippen molar-refractivity contribution >= 4 is 11.7 Å². The summed E-state index contributed by atoms with van der Waals surface area (Å²) in [5, 5.41) is 7.13. The molecule has 2 fully saturated rings. The van der Waals surface area contributed by atoms with E-state index < -0.39 is 5.82 Å².